The fraction of sp³-hybridized carbons (Fsp3) is 0.636. The fourth-order valence-electron chi connectivity index (χ4n) is 2.38. The molecule has 2 rings (SSSR count). The highest BCUT2D eigenvalue weighted by Crippen LogP contribution is 2.32. The van der Waals surface area contributed by atoms with Gasteiger partial charge in [-0.25, -0.2) is 0 Å². The number of hydrogen-bond donors (Lipinski definition) is 2. The first-order chi connectivity index (χ1) is 6.81. The van der Waals surface area contributed by atoms with Crippen LogP contribution in [-0.4, -0.2) is 29.7 Å². The van der Waals surface area contributed by atoms with Crippen LogP contribution < -0.4 is 5.73 Å². The third kappa shape index (κ3) is 1.77. The molecule has 1 atom stereocenters. The predicted molar refractivity (Wildman–Crippen MR) is 56.4 cm³/mol. The van der Waals surface area contributed by atoms with Gasteiger partial charge < -0.3 is 15.7 Å². The molecule has 2 aliphatic rings. The van der Waals surface area contributed by atoms with Gasteiger partial charge >= 0.3 is 0 Å². The van der Waals surface area contributed by atoms with Crippen molar-refractivity contribution in [1.29, 1.82) is 0 Å². The molecule has 1 aliphatic carbocycles. The largest absolute Gasteiger partial charge is 0.399 e. The summed E-state index contributed by atoms with van der Waals surface area (Å²) in [6.45, 7) is 2.04. The zero-order chi connectivity index (χ0) is 9.97. The van der Waals surface area contributed by atoms with Crippen LogP contribution in [0.2, 0.25) is 0 Å². The highest BCUT2D eigenvalue weighted by molar-refractivity contribution is 5.27. The quantitative estimate of drug-likeness (QED) is 0.684. The minimum absolute atomic E-state index is 0.230. The highest BCUT2D eigenvalue weighted by atomic mass is 16.3. The Balaban J connectivity index is 2.15. The van der Waals surface area contributed by atoms with E-state index in [1.165, 1.54) is 18.5 Å². The van der Waals surface area contributed by atoms with E-state index in [0.29, 0.717) is 5.92 Å². The number of nitrogens with zero attached hydrogens (tertiary/aromatic N) is 1. The molecule has 14 heavy (non-hydrogen) atoms. The summed E-state index contributed by atoms with van der Waals surface area (Å²) in [4.78, 5) is 2.27. The first-order valence-electron chi connectivity index (χ1n) is 5.34. The number of hydrogen-bond acceptors (Lipinski definition) is 3. The molecular weight excluding hydrogens is 176 g/mol. The molecule has 1 heterocycles. The first kappa shape index (κ1) is 9.59. The molecule has 0 radical (unpaired) electrons. The highest BCUT2D eigenvalue weighted by Gasteiger charge is 2.25. The first-order valence-corrected chi connectivity index (χ1v) is 5.34. The van der Waals surface area contributed by atoms with E-state index in [9.17, 15) is 0 Å². The fourth-order valence-corrected chi connectivity index (χ4v) is 2.38. The van der Waals surface area contributed by atoms with Crippen molar-refractivity contribution in [2.45, 2.75) is 19.3 Å². The molecule has 0 aromatic carbocycles. The minimum Gasteiger partial charge on any atom is -0.399 e. The summed E-state index contributed by atoms with van der Waals surface area (Å²) < 4.78 is 0. The van der Waals surface area contributed by atoms with Crippen LogP contribution in [0.1, 0.15) is 19.3 Å². The van der Waals surface area contributed by atoms with E-state index >= 15 is 0 Å². The second-order valence-electron chi connectivity index (χ2n) is 4.06. The van der Waals surface area contributed by atoms with E-state index < -0.39 is 0 Å². The Morgan fingerprint density at radius 1 is 1.57 bits per heavy atom. The summed E-state index contributed by atoms with van der Waals surface area (Å²) in [6, 6.07) is 0. The van der Waals surface area contributed by atoms with Crippen molar-refractivity contribution >= 4 is 0 Å². The summed E-state index contributed by atoms with van der Waals surface area (Å²) in [6.07, 6.45) is 7.74. The van der Waals surface area contributed by atoms with Gasteiger partial charge in [0.05, 0.1) is 6.61 Å². The van der Waals surface area contributed by atoms with Crippen LogP contribution in [0.3, 0.4) is 0 Å². The topological polar surface area (TPSA) is 49.5 Å². The van der Waals surface area contributed by atoms with Crippen molar-refractivity contribution in [1.82, 2.24) is 4.90 Å². The second-order valence-corrected chi connectivity index (χ2v) is 4.06. The normalized spacial score (nSPS) is 26.6. The van der Waals surface area contributed by atoms with Crippen LogP contribution in [0, 0.1) is 5.92 Å². The van der Waals surface area contributed by atoms with Crippen molar-refractivity contribution in [2.75, 3.05) is 19.7 Å². The van der Waals surface area contributed by atoms with Gasteiger partial charge in [-0.2, -0.15) is 0 Å². The van der Waals surface area contributed by atoms with Crippen LogP contribution >= 0.6 is 0 Å². The molecule has 3 heteroatoms. The van der Waals surface area contributed by atoms with E-state index in [2.05, 4.69) is 17.1 Å². The lowest BCUT2D eigenvalue weighted by Gasteiger charge is -2.38. The van der Waals surface area contributed by atoms with Crippen molar-refractivity contribution in [3.8, 4) is 0 Å². The molecule has 0 aromatic rings. The Morgan fingerprint density at radius 3 is 3.21 bits per heavy atom. The third-order valence-electron chi connectivity index (χ3n) is 3.09. The molecule has 0 aromatic heterocycles. The number of fused-ring (bicyclic) bond motifs is 1. The van der Waals surface area contributed by atoms with Gasteiger partial charge in [0, 0.05) is 30.4 Å². The second kappa shape index (κ2) is 4.05. The van der Waals surface area contributed by atoms with Gasteiger partial charge in [0.1, 0.15) is 0 Å². The lowest BCUT2D eigenvalue weighted by Crippen LogP contribution is -2.36. The van der Waals surface area contributed by atoms with E-state index in [4.69, 9.17) is 10.8 Å². The number of rotatable bonds is 2. The Hall–Kier alpha value is -0.960. The third-order valence-corrected chi connectivity index (χ3v) is 3.09. The molecule has 0 bridgehead atoms. The van der Waals surface area contributed by atoms with Gasteiger partial charge in [-0.15, -0.1) is 0 Å². The molecule has 1 aliphatic heterocycles. The maximum Gasteiger partial charge on any atom is 0.0606 e. The van der Waals surface area contributed by atoms with Gasteiger partial charge in [0.2, 0.25) is 0 Å². The van der Waals surface area contributed by atoms with Crippen molar-refractivity contribution in [3.63, 3.8) is 0 Å². The van der Waals surface area contributed by atoms with Gasteiger partial charge in [-0.05, 0) is 25.3 Å². The smallest absolute Gasteiger partial charge is 0.0606 e. The molecule has 3 nitrogen and oxygen atoms in total. The molecule has 1 saturated heterocycles. The molecule has 0 spiro atoms. The maximum atomic E-state index is 8.96. The van der Waals surface area contributed by atoms with E-state index in [1.54, 1.807) is 0 Å². The van der Waals surface area contributed by atoms with Crippen LogP contribution in [0.5, 0.6) is 0 Å². The lowest BCUT2D eigenvalue weighted by molar-refractivity contribution is 0.185. The SMILES string of the molecule is NC1=CCC2CCCN(CCO)C2=C1. The monoisotopic (exact) mass is 194 g/mol. The van der Waals surface area contributed by atoms with Gasteiger partial charge in [0.25, 0.3) is 0 Å². The average Bonchev–Trinajstić information content (AvgIpc) is 2.19. The molecule has 78 valence electrons. The molecule has 3 N–H and O–H groups in total. The summed E-state index contributed by atoms with van der Waals surface area (Å²) in [7, 11) is 0. The summed E-state index contributed by atoms with van der Waals surface area (Å²) in [5.41, 5.74) is 8.01. The van der Waals surface area contributed by atoms with Crippen LogP contribution in [0.25, 0.3) is 0 Å². The van der Waals surface area contributed by atoms with Gasteiger partial charge in [0.15, 0.2) is 0 Å². The van der Waals surface area contributed by atoms with Crippen molar-refractivity contribution in [2.24, 2.45) is 11.7 Å². The Morgan fingerprint density at radius 2 is 2.43 bits per heavy atom. The maximum absolute atomic E-state index is 8.96. The summed E-state index contributed by atoms with van der Waals surface area (Å²) in [5.74, 6) is 0.641. The number of piperidine rings is 1. The zero-order valence-electron chi connectivity index (χ0n) is 8.45. The molecule has 0 amide bonds. The number of allylic oxidation sites excluding steroid dienone is 3. The Labute approximate surface area is 84.9 Å². The minimum atomic E-state index is 0.230. The predicted octanol–water partition coefficient (Wildman–Crippen LogP) is 0.821. The average molecular weight is 194 g/mol. The van der Waals surface area contributed by atoms with Crippen LogP contribution in [-0.2, 0) is 0 Å². The number of nitrogens with two attached hydrogens (primary N) is 1. The zero-order valence-corrected chi connectivity index (χ0v) is 8.45. The van der Waals surface area contributed by atoms with Gasteiger partial charge in [-0.3, -0.25) is 0 Å². The number of aliphatic hydroxyl groups is 1. The summed E-state index contributed by atoms with van der Waals surface area (Å²) >= 11 is 0. The van der Waals surface area contributed by atoms with E-state index in [0.717, 1.165) is 25.2 Å². The van der Waals surface area contributed by atoms with Crippen LogP contribution in [0.4, 0.5) is 0 Å². The Bertz CT molecular complexity index is 268. The molecule has 1 unspecified atom stereocenters. The van der Waals surface area contributed by atoms with Crippen LogP contribution in [0.15, 0.2) is 23.5 Å². The van der Waals surface area contributed by atoms with Gasteiger partial charge in [-0.1, -0.05) is 6.08 Å². The van der Waals surface area contributed by atoms with E-state index in [-0.39, 0.29) is 6.61 Å². The van der Waals surface area contributed by atoms with Crippen molar-refractivity contribution < 1.29 is 5.11 Å². The molecule has 0 saturated carbocycles. The summed E-state index contributed by atoms with van der Waals surface area (Å²) in [5, 5.41) is 8.96. The number of likely N-dealkylation sites (tertiary alicyclic amines) is 1. The van der Waals surface area contributed by atoms with Crippen molar-refractivity contribution in [3.05, 3.63) is 23.5 Å². The Kier molecular flexibility index (Phi) is 2.77. The van der Waals surface area contributed by atoms with E-state index in [1.807, 2.05) is 0 Å². The lowest BCUT2D eigenvalue weighted by atomic mass is 9.87. The molecule has 1 fully saturated rings. The number of aliphatic hydroxyl groups excluding tert-OH is 1. The standard InChI is InChI=1S/C11H18N2O/c12-10-4-3-9-2-1-5-13(6-7-14)11(9)8-10/h4,8-9,14H,1-3,5-7,12H2. The number of β-amino-alcohol motifs (C(OH)–C–C–N with tert-alkyl or cyclic N) is 1. The molecular formula is C11H18N2O.